The Hall–Kier alpha value is -0.550. The Balaban J connectivity index is 2.19. The summed E-state index contributed by atoms with van der Waals surface area (Å²) in [5.41, 5.74) is 0.418. The summed E-state index contributed by atoms with van der Waals surface area (Å²) < 4.78 is 0. The Labute approximate surface area is 120 Å². The lowest BCUT2D eigenvalue weighted by Crippen LogP contribution is -2.37. The Kier molecular flexibility index (Phi) is 5.86. The third kappa shape index (κ3) is 5.95. The molecule has 0 unspecified atom stereocenters. The van der Waals surface area contributed by atoms with Gasteiger partial charge in [0.1, 0.15) is 0 Å². The molecule has 0 amide bonds. The van der Waals surface area contributed by atoms with Crippen LogP contribution in [0.15, 0.2) is 0 Å². The molecular formula is C17H32N2. The van der Waals surface area contributed by atoms with Gasteiger partial charge in [-0.05, 0) is 71.4 Å². The molecule has 2 nitrogen and oxygen atoms in total. The molecule has 0 bridgehead atoms. The molecule has 0 heterocycles. The van der Waals surface area contributed by atoms with E-state index in [0.29, 0.717) is 5.41 Å². The van der Waals surface area contributed by atoms with Crippen LogP contribution < -0.4 is 0 Å². The third-order valence-corrected chi connectivity index (χ3v) is 4.80. The first-order valence-corrected chi connectivity index (χ1v) is 7.87. The Morgan fingerprint density at radius 2 is 1.79 bits per heavy atom. The van der Waals surface area contributed by atoms with Gasteiger partial charge in [-0.1, -0.05) is 20.3 Å². The minimum Gasteiger partial charge on any atom is -0.303 e. The fourth-order valence-corrected chi connectivity index (χ4v) is 2.99. The fourth-order valence-electron chi connectivity index (χ4n) is 2.99. The number of hydrogen-bond acceptors (Lipinski definition) is 2. The lowest BCUT2D eigenvalue weighted by atomic mass is 9.75. The van der Waals surface area contributed by atoms with Crippen molar-refractivity contribution in [2.24, 2.45) is 10.8 Å². The molecule has 1 saturated carbocycles. The normalized spacial score (nSPS) is 20.5. The maximum atomic E-state index is 9.00. The maximum absolute atomic E-state index is 9.00. The zero-order chi connectivity index (χ0) is 14.5. The molecule has 0 aromatic carbocycles. The smallest absolute Gasteiger partial charge is 0.0683 e. The molecule has 0 aromatic rings. The summed E-state index contributed by atoms with van der Waals surface area (Å²) in [5, 5.41) is 9.00. The quantitative estimate of drug-likeness (QED) is 0.655. The molecule has 0 atom stereocenters. The molecule has 0 aromatic heterocycles. The topological polar surface area (TPSA) is 27.0 Å². The molecule has 0 aliphatic heterocycles. The molecule has 0 radical (unpaired) electrons. The van der Waals surface area contributed by atoms with Crippen molar-refractivity contribution in [1.29, 1.82) is 5.26 Å². The average Bonchev–Trinajstić information content (AvgIpc) is 2.34. The van der Waals surface area contributed by atoms with Crippen molar-refractivity contribution in [3.05, 3.63) is 0 Å². The lowest BCUT2D eigenvalue weighted by Gasteiger charge is -2.38. The zero-order valence-electron chi connectivity index (χ0n) is 13.6. The molecule has 0 saturated heterocycles. The molecule has 2 heteroatoms. The van der Waals surface area contributed by atoms with Crippen LogP contribution in [-0.4, -0.2) is 24.5 Å². The van der Waals surface area contributed by atoms with Crippen LogP contribution in [0.25, 0.3) is 0 Å². The summed E-state index contributed by atoms with van der Waals surface area (Å²) in [6, 6.07) is 3.18. The number of rotatable bonds is 6. The lowest BCUT2D eigenvalue weighted by molar-refractivity contribution is 0.125. The minimum absolute atomic E-state index is 0.145. The van der Waals surface area contributed by atoms with Gasteiger partial charge < -0.3 is 4.90 Å². The molecule has 1 aliphatic rings. The highest BCUT2D eigenvalue weighted by Crippen LogP contribution is 2.36. The predicted octanol–water partition coefficient (Wildman–Crippen LogP) is 4.61. The van der Waals surface area contributed by atoms with Crippen LogP contribution in [-0.2, 0) is 0 Å². The highest BCUT2D eigenvalue weighted by atomic mass is 15.1. The van der Waals surface area contributed by atoms with Crippen molar-refractivity contribution in [3.8, 4) is 6.07 Å². The summed E-state index contributed by atoms with van der Waals surface area (Å²) in [4.78, 5) is 2.55. The second-order valence-electron chi connectivity index (χ2n) is 7.83. The summed E-state index contributed by atoms with van der Waals surface area (Å²) in [7, 11) is 2.28. The van der Waals surface area contributed by atoms with E-state index in [0.717, 1.165) is 12.5 Å². The highest BCUT2D eigenvalue weighted by molar-refractivity contribution is 4.91. The Bertz CT molecular complexity index is 302. The molecule has 1 aliphatic carbocycles. The van der Waals surface area contributed by atoms with E-state index in [9.17, 15) is 0 Å². The van der Waals surface area contributed by atoms with Gasteiger partial charge in [-0.25, -0.2) is 0 Å². The van der Waals surface area contributed by atoms with Gasteiger partial charge in [0, 0.05) is 6.04 Å². The molecule has 19 heavy (non-hydrogen) atoms. The van der Waals surface area contributed by atoms with E-state index in [-0.39, 0.29) is 5.41 Å². The van der Waals surface area contributed by atoms with Gasteiger partial charge in [0.05, 0.1) is 11.5 Å². The first-order chi connectivity index (χ1) is 8.76. The summed E-state index contributed by atoms with van der Waals surface area (Å²) in [5.74, 6) is 0. The van der Waals surface area contributed by atoms with Crippen LogP contribution in [0.2, 0.25) is 0 Å². The van der Waals surface area contributed by atoms with E-state index in [2.05, 4.69) is 31.9 Å². The number of nitrogens with zero attached hydrogens (tertiary/aromatic N) is 2. The van der Waals surface area contributed by atoms with Crippen molar-refractivity contribution >= 4 is 0 Å². The largest absolute Gasteiger partial charge is 0.303 e. The van der Waals surface area contributed by atoms with Gasteiger partial charge in [0.15, 0.2) is 0 Å². The fraction of sp³-hybridized carbons (Fsp3) is 0.941. The van der Waals surface area contributed by atoms with Crippen LogP contribution in [0.3, 0.4) is 0 Å². The van der Waals surface area contributed by atoms with Crippen molar-refractivity contribution in [3.63, 3.8) is 0 Å². The first kappa shape index (κ1) is 16.5. The van der Waals surface area contributed by atoms with Gasteiger partial charge in [0.2, 0.25) is 0 Å². The second-order valence-corrected chi connectivity index (χ2v) is 7.83. The van der Waals surface area contributed by atoms with E-state index in [1.165, 1.54) is 45.1 Å². The SMILES string of the molecule is CN(CCCCC(C)(C)C#N)C1CCC(C)(C)CC1. The van der Waals surface area contributed by atoms with Crippen molar-refractivity contribution in [2.75, 3.05) is 13.6 Å². The van der Waals surface area contributed by atoms with E-state index in [1.54, 1.807) is 0 Å². The number of hydrogen-bond donors (Lipinski definition) is 0. The van der Waals surface area contributed by atoms with Gasteiger partial charge in [-0.2, -0.15) is 5.26 Å². The summed E-state index contributed by atoms with van der Waals surface area (Å²) in [6.45, 7) is 10.1. The van der Waals surface area contributed by atoms with Crippen LogP contribution >= 0.6 is 0 Å². The van der Waals surface area contributed by atoms with Crippen molar-refractivity contribution in [2.45, 2.75) is 78.7 Å². The molecule has 0 N–H and O–H groups in total. The maximum Gasteiger partial charge on any atom is 0.0683 e. The molecule has 110 valence electrons. The molecule has 1 fully saturated rings. The van der Waals surface area contributed by atoms with Crippen LogP contribution in [0.5, 0.6) is 0 Å². The van der Waals surface area contributed by atoms with Gasteiger partial charge in [-0.15, -0.1) is 0 Å². The predicted molar refractivity (Wildman–Crippen MR) is 81.9 cm³/mol. The van der Waals surface area contributed by atoms with Gasteiger partial charge in [0.25, 0.3) is 0 Å². The summed E-state index contributed by atoms with van der Waals surface area (Å²) in [6.07, 6.45) is 8.85. The monoisotopic (exact) mass is 264 g/mol. The molecule has 1 rings (SSSR count). The minimum atomic E-state index is -0.145. The molecular weight excluding hydrogens is 232 g/mol. The van der Waals surface area contributed by atoms with E-state index in [1.807, 2.05) is 13.8 Å². The van der Waals surface area contributed by atoms with Crippen LogP contribution in [0.1, 0.15) is 72.6 Å². The number of nitriles is 1. The van der Waals surface area contributed by atoms with Crippen molar-refractivity contribution in [1.82, 2.24) is 4.90 Å². The Morgan fingerprint density at radius 3 is 2.32 bits per heavy atom. The van der Waals surface area contributed by atoms with Gasteiger partial charge >= 0.3 is 0 Å². The van der Waals surface area contributed by atoms with Crippen molar-refractivity contribution < 1.29 is 0 Å². The highest BCUT2D eigenvalue weighted by Gasteiger charge is 2.28. The molecule has 0 spiro atoms. The van der Waals surface area contributed by atoms with Gasteiger partial charge in [-0.3, -0.25) is 0 Å². The third-order valence-electron chi connectivity index (χ3n) is 4.80. The van der Waals surface area contributed by atoms with Crippen LogP contribution in [0.4, 0.5) is 0 Å². The van der Waals surface area contributed by atoms with E-state index in [4.69, 9.17) is 5.26 Å². The van der Waals surface area contributed by atoms with E-state index >= 15 is 0 Å². The standard InChI is InChI=1S/C17H32N2/c1-16(2)11-8-15(9-12-16)19(5)13-7-6-10-17(3,4)14-18/h15H,6-13H2,1-5H3. The van der Waals surface area contributed by atoms with Crippen LogP contribution in [0, 0.1) is 22.2 Å². The zero-order valence-corrected chi connectivity index (χ0v) is 13.6. The average molecular weight is 264 g/mol. The summed E-state index contributed by atoms with van der Waals surface area (Å²) >= 11 is 0. The number of unbranched alkanes of at least 4 members (excludes halogenated alkanes) is 1. The Morgan fingerprint density at radius 1 is 1.21 bits per heavy atom. The first-order valence-electron chi connectivity index (χ1n) is 7.87. The van der Waals surface area contributed by atoms with E-state index < -0.39 is 0 Å². The second kappa shape index (κ2) is 6.75.